The van der Waals surface area contributed by atoms with Crippen molar-refractivity contribution in [3.63, 3.8) is 0 Å². The van der Waals surface area contributed by atoms with Gasteiger partial charge in [-0.15, -0.1) is 0 Å². The van der Waals surface area contributed by atoms with Gasteiger partial charge in [-0.2, -0.15) is 0 Å². The Balaban J connectivity index is 2.17. The molecule has 0 atom stereocenters. The van der Waals surface area contributed by atoms with Crippen LogP contribution in [0.2, 0.25) is 0 Å². The Hall–Kier alpha value is -2.40. The van der Waals surface area contributed by atoms with Gasteiger partial charge in [-0.05, 0) is 19.8 Å². The number of carbonyl (C=O) groups is 2. The van der Waals surface area contributed by atoms with Crippen LogP contribution < -0.4 is 5.32 Å². The summed E-state index contributed by atoms with van der Waals surface area (Å²) in [7, 11) is 4.24. The van der Waals surface area contributed by atoms with Gasteiger partial charge < -0.3 is 14.5 Å². The second-order valence-corrected chi connectivity index (χ2v) is 7.05. The van der Waals surface area contributed by atoms with E-state index in [-0.39, 0.29) is 11.9 Å². The summed E-state index contributed by atoms with van der Waals surface area (Å²) < 4.78 is 6.02. The van der Waals surface area contributed by atoms with Gasteiger partial charge in [-0.1, -0.05) is 43.0 Å². The molecule has 0 aliphatic rings. The van der Waals surface area contributed by atoms with E-state index in [4.69, 9.17) is 4.74 Å². The fraction of sp³-hybridized carbons (Fsp3) is 0.429. The van der Waals surface area contributed by atoms with Crippen molar-refractivity contribution in [2.24, 2.45) is 0 Å². The van der Waals surface area contributed by atoms with Crippen molar-refractivity contribution in [2.45, 2.75) is 26.3 Å². The molecule has 5 nitrogen and oxygen atoms in total. The molecule has 26 heavy (non-hydrogen) atoms. The quantitative estimate of drug-likeness (QED) is 0.286. The third kappa shape index (κ3) is 9.79. The molecule has 0 aromatic heterocycles. The molecule has 142 valence electrons. The number of carbonyl (C=O) groups excluding carboxylic acids is 2. The molecule has 0 spiro atoms. The maximum absolute atomic E-state index is 11.7. The normalized spacial score (nSPS) is 11.3. The lowest BCUT2D eigenvalue weighted by Crippen LogP contribution is -2.41. The highest BCUT2D eigenvalue weighted by Crippen LogP contribution is 2.08. The number of allylic oxidation sites excluding steroid dienone is 1. The molecule has 0 saturated carbocycles. The third-order valence-electron chi connectivity index (χ3n) is 3.87. The Morgan fingerprint density at radius 1 is 1.23 bits per heavy atom. The number of ether oxygens (including phenoxy) is 1. The summed E-state index contributed by atoms with van der Waals surface area (Å²) in [4.78, 5) is 23.0. The summed E-state index contributed by atoms with van der Waals surface area (Å²) >= 11 is 0. The van der Waals surface area contributed by atoms with Crippen LogP contribution in [0.5, 0.6) is 0 Å². The van der Waals surface area contributed by atoms with E-state index < -0.39 is 0 Å². The van der Waals surface area contributed by atoms with E-state index in [0.29, 0.717) is 25.1 Å². The number of unbranched alkanes of at least 4 members (excludes halogenated alkanes) is 1. The standard InChI is InChI=1S/C21H30N2O3/c1-18(2)21(25)22-14-10-6-9-13-20(24)26-16-15-23(3,4)17-19-11-7-5-8-12-19/h5,7-9,11-13H,1,6,10,14-17H2,2-4H3/p+1. The fourth-order valence-corrected chi connectivity index (χ4v) is 2.35. The van der Waals surface area contributed by atoms with E-state index in [1.807, 2.05) is 18.2 Å². The third-order valence-corrected chi connectivity index (χ3v) is 3.87. The molecule has 0 unspecified atom stereocenters. The van der Waals surface area contributed by atoms with Gasteiger partial charge in [0.15, 0.2) is 0 Å². The largest absolute Gasteiger partial charge is 0.457 e. The average Bonchev–Trinajstić information content (AvgIpc) is 2.57. The predicted molar refractivity (Wildman–Crippen MR) is 104 cm³/mol. The summed E-state index contributed by atoms with van der Waals surface area (Å²) in [6, 6.07) is 10.3. The van der Waals surface area contributed by atoms with Crippen molar-refractivity contribution in [1.82, 2.24) is 5.32 Å². The zero-order valence-corrected chi connectivity index (χ0v) is 16.2. The van der Waals surface area contributed by atoms with Crippen LogP contribution in [0, 0.1) is 0 Å². The van der Waals surface area contributed by atoms with E-state index >= 15 is 0 Å². The molecule has 1 aromatic rings. The highest BCUT2D eigenvalue weighted by atomic mass is 16.5. The second kappa shape index (κ2) is 11.3. The molecule has 1 aromatic carbocycles. The van der Waals surface area contributed by atoms with Crippen LogP contribution >= 0.6 is 0 Å². The van der Waals surface area contributed by atoms with Crippen LogP contribution in [-0.2, 0) is 20.9 Å². The smallest absolute Gasteiger partial charge is 0.330 e. The summed E-state index contributed by atoms with van der Waals surface area (Å²) in [5.74, 6) is -0.458. The number of nitrogens with one attached hydrogen (secondary N) is 1. The topological polar surface area (TPSA) is 55.4 Å². The first-order valence-corrected chi connectivity index (χ1v) is 8.93. The Morgan fingerprint density at radius 2 is 1.92 bits per heavy atom. The van der Waals surface area contributed by atoms with Crippen molar-refractivity contribution in [3.8, 4) is 0 Å². The van der Waals surface area contributed by atoms with E-state index in [1.165, 1.54) is 11.6 Å². The predicted octanol–water partition coefficient (Wildman–Crippen LogP) is 2.83. The Labute approximate surface area is 156 Å². The first-order valence-electron chi connectivity index (χ1n) is 8.93. The number of quaternary nitrogens is 1. The monoisotopic (exact) mass is 359 g/mol. The molecule has 1 rings (SSSR count). The number of hydrogen-bond acceptors (Lipinski definition) is 3. The summed E-state index contributed by atoms with van der Waals surface area (Å²) in [5.41, 5.74) is 1.76. The van der Waals surface area contributed by atoms with E-state index in [2.05, 4.69) is 38.1 Å². The zero-order chi connectivity index (χ0) is 19.4. The minimum Gasteiger partial charge on any atom is -0.457 e. The molecule has 0 heterocycles. The molecule has 5 heteroatoms. The van der Waals surface area contributed by atoms with Crippen LogP contribution in [0.15, 0.2) is 54.6 Å². The van der Waals surface area contributed by atoms with Crippen LogP contribution in [0.1, 0.15) is 25.3 Å². The first kappa shape index (κ1) is 21.6. The highest BCUT2D eigenvalue weighted by Gasteiger charge is 2.16. The number of benzene rings is 1. The Bertz CT molecular complexity index is 621. The average molecular weight is 359 g/mol. The second-order valence-electron chi connectivity index (χ2n) is 7.05. The molecular formula is C21H31N2O3+. The molecule has 1 N–H and O–H groups in total. The Kier molecular flexibility index (Phi) is 9.37. The molecule has 1 amide bonds. The van der Waals surface area contributed by atoms with Gasteiger partial charge in [0, 0.05) is 23.8 Å². The molecule has 0 bridgehead atoms. The van der Waals surface area contributed by atoms with Crippen molar-refractivity contribution in [2.75, 3.05) is 33.8 Å². The van der Waals surface area contributed by atoms with Crippen molar-refractivity contribution in [3.05, 3.63) is 60.2 Å². The van der Waals surface area contributed by atoms with Crippen molar-refractivity contribution >= 4 is 11.9 Å². The van der Waals surface area contributed by atoms with Gasteiger partial charge in [-0.3, -0.25) is 4.79 Å². The summed E-state index contributed by atoms with van der Waals surface area (Å²) in [6.07, 6.45) is 4.71. The molecule has 0 aliphatic heterocycles. The lowest BCUT2D eigenvalue weighted by atomic mass is 10.2. The lowest BCUT2D eigenvalue weighted by Gasteiger charge is -2.29. The number of likely N-dealkylation sites (N-methyl/N-ethyl adjacent to an activating group) is 1. The first-order chi connectivity index (χ1) is 12.3. The van der Waals surface area contributed by atoms with E-state index in [0.717, 1.165) is 24.0 Å². The van der Waals surface area contributed by atoms with E-state index in [1.54, 1.807) is 13.0 Å². The molecule has 0 radical (unpaired) electrons. The minimum atomic E-state index is -0.323. The lowest BCUT2D eigenvalue weighted by molar-refractivity contribution is -0.903. The zero-order valence-electron chi connectivity index (χ0n) is 16.2. The van der Waals surface area contributed by atoms with Gasteiger partial charge in [0.1, 0.15) is 19.7 Å². The maximum atomic E-state index is 11.7. The molecule has 0 fully saturated rings. The van der Waals surface area contributed by atoms with Crippen LogP contribution in [0.25, 0.3) is 0 Å². The molecular weight excluding hydrogens is 328 g/mol. The van der Waals surface area contributed by atoms with Gasteiger partial charge in [-0.25, -0.2) is 4.79 Å². The van der Waals surface area contributed by atoms with Gasteiger partial charge >= 0.3 is 5.97 Å². The van der Waals surface area contributed by atoms with Gasteiger partial charge in [0.2, 0.25) is 5.91 Å². The van der Waals surface area contributed by atoms with Gasteiger partial charge in [0.25, 0.3) is 0 Å². The number of esters is 1. The Morgan fingerprint density at radius 3 is 2.58 bits per heavy atom. The fourth-order valence-electron chi connectivity index (χ4n) is 2.35. The minimum absolute atomic E-state index is 0.135. The number of amides is 1. The number of hydrogen-bond donors (Lipinski definition) is 1. The molecule has 0 aliphatic carbocycles. The highest BCUT2D eigenvalue weighted by molar-refractivity contribution is 5.92. The summed E-state index contributed by atoms with van der Waals surface area (Å²) in [5, 5.41) is 2.75. The summed E-state index contributed by atoms with van der Waals surface area (Å²) in [6.45, 7) is 7.84. The van der Waals surface area contributed by atoms with Crippen LogP contribution in [-0.4, -0.2) is 50.2 Å². The SMILES string of the molecule is C=C(C)C(=O)NCCCC=CC(=O)OCC[N+](C)(C)Cc1ccccc1. The van der Waals surface area contributed by atoms with E-state index in [9.17, 15) is 9.59 Å². The van der Waals surface area contributed by atoms with Gasteiger partial charge in [0.05, 0.1) is 14.1 Å². The molecule has 0 saturated heterocycles. The van der Waals surface area contributed by atoms with Crippen LogP contribution in [0.4, 0.5) is 0 Å². The van der Waals surface area contributed by atoms with Crippen molar-refractivity contribution < 1.29 is 18.8 Å². The number of nitrogens with zero attached hydrogens (tertiary/aromatic N) is 1. The van der Waals surface area contributed by atoms with Crippen molar-refractivity contribution in [1.29, 1.82) is 0 Å². The number of rotatable bonds is 11. The maximum Gasteiger partial charge on any atom is 0.330 e. The van der Waals surface area contributed by atoms with Crippen LogP contribution in [0.3, 0.4) is 0 Å².